The quantitative estimate of drug-likeness (QED) is 0.180. The summed E-state index contributed by atoms with van der Waals surface area (Å²) < 4.78 is 8.41. The molecule has 11 rings (SSSR count). The Hall–Kier alpha value is -6.52. The van der Waals surface area contributed by atoms with E-state index in [9.17, 15) is 0 Å². The van der Waals surface area contributed by atoms with Crippen molar-refractivity contribution in [3.63, 3.8) is 0 Å². The van der Waals surface area contributed by atoms with Crippen LogP contribution in [-0.2, 0) is 5.41 Å². The van der Waals surface area contributed by atoms with Gasteiger partial charge in [0.05, 0.1) is 5.41 Å². The zero-order valence-corrected chi connectivity index (χ0v) is 29.9. The summed E-state index contributed by atoms with van der Waals surface area (Å²) in [6.07, 6.45) is 18.9. The lowest BCUT2D eigenvalue weighted by Crippen LogP contribution is -2.31. The first-order valence-corrected chi connectivity index (χ1v) is 18.9. The molecule has 0 aliphatic heterocycles. The molecule has 0 saturated carbocycles. The summed E-state index contributed by atoms with van der Waals surface area (Å²) in [5.74, 6) is 0.772. The summed E-state index contributed by atoms with van der Waals surface area (Å²) >= 11 is 0. The lowest BCUT2D eigenvalue weighted by atomic mass is 9.64. The Morgan fingerprint density at radius 3 is 2.35 bits per heavy atom. The number of pyridine rings is 2. The summed E-state index contributed by atoms with van der Waals surface area (Å²) in [7, 11) is 0. The van der Waals surface area contributed by atoms with Crippen LogP contribution in [0.1, 0.15) is 64.1 Å². The van der Waals surface area contributed by atoms with Crippen molar-refractivity contribution in [3.8, 4) is 0 Å². The van der Waals surface area contributed by atoms with Crippen molar-refractivity contribution in [2.45, 2.75) is 30.6 Å². The maximum Gasteiger partial charge on any atom is 0.232 e. The number of para-hydroxylation sites is 1. The molecule has 258 valence electrons. The molecule has 3 atom stereocenters. The van der Waals surface area contributed by atoms with Crippen LogP contribution < -0.4 is 0 Å². The Morgan fingerprint density at radius 2 is 1.56 bits per heavy atom. The maximum absolute atomic E-state index is 6.31. The van der Waals surface area contributed by atoms with E-state index < -0.39 is 5.41 Å². The largest absolute Gasteiger partial charge is 0.437 e. The molecule has 3 aliphatic carbocycles. The Labute approximate surface area is 314 Å². The molecule has 0 N–H and O–H groups in total. The van der Waals surface area contributed by atoms with E-state index in [-0.39, 0.29) is 11.8 Å². The third-order valence-corrected chi connectivity index (χ3v) is 12.1. The normalized spacial score (nSPS) is 20.1. The molecule has 0 radical (unpaired) electrons. The van der Waals surface area contributed by atoms with E-state index in [2.05, 4.69) is 162 Å². The van der Waals surface area contributed by atoms with Gasteiger partial charge in [0.1, 0.15) is 16.7 Å². The van der Waals surface area contributed by atoms with Gasteiger partial charge in [-0.1, -0.05) is 134 Å². The third-order valence-electron chi connectivity index (χ3n) is 12.1. The van der Waals surface area contributed by atoms with Gasteiger partial charge in [-0.05, 0) is 98.3 Å². The van der Waals surface area contributed by atoms with Crippen LogP contribution >= 0.6 is 0 Å². The minimum atomic E-state index is -0.431. The molecule has 3 unspecified atom stereocenters. The first-order chi connectivity index (χ1) is 26.7. The lowest BCUT2D eigenvalue weighted by Gasteiger charge is -2.38. The summed E-state index contributed by atoms with van der Waals surface area (Å²) in [6, 6.07) is 46.3. The summed E-state index contributed by atoms with van der Waals surface area (Å²) in [4.78, 5) is 9.43. The predicted molar refractivity (Wildman–Crippen MR) is 218 cm³/mol. The van der Waals surface area contributed by atoms with Crippen molar-refractivity contribution in [1.29, 1.82) is 0 Å². The highest BCUT2D eigenvalue weighted by molar-refractivity contribution is 6.03. The SMILES string of the molecule is CC1C=CC(c2ccc3nc4c5ccccc5oc4n3c2)=CC1c1ccc2c(c1)C(c1ccccc1)(c1ccccc1)C1=C2C=CC(c2cccnc2)C1. The fourth-order valence-corrected chi connectivity index (χ4v) is 9.51. The second kappa shape index (κ2) is 12.0. The maximum atomic E-state index is 6.31. The Balaban J connectivity index is 1.06. The van der Waals surface area contributed by atoms with Gasteiger partial charge in [-0.15, -0.1) is 0 Å². The molecular formula is C50H37N3O. The van der Waals surface area contributed by atoms with Crippen LogP contribution in [0.5, 0.6) is 0 Å². The Morgan fingerprint density at radius 1 is 0.759 bits per heavy atom. The summed E-state index contributed by atoms with van der Waals surface area (Å²) in [6.45, 7) is 2.34. The number of nitrogens with zero attached hydrogens (tertiary/aromatic N) is 3. The number of aromatic nitrogens is 3. The summed E-state index contributed by atoms with van der Waals surface area (Å²) in [5.41, 5.74) is 16.0. The molecule has 54 heavy (non-hydrogen) atoms. The number of furan rings is 1. The van der Waals surface area contributed by atoms with Gasteiger partial charge in [0.2, 0.25) is 5.71 Å². The molecule has 4 nitrogen and oxygen atoms in total. The monoisotopic (exact) mass is 695 g/mol. The van der Waals surface area contributed by atoms with Crippen molar-refractivity contribution in [1.82, 2.24) is 14.4 Å². The van der Waals surface area contributed by atoms with E-state index in [1.807, 2.05) is 30.6 Å². The van der Waals surface area contributed by atoms with Crippen molar-refractivity contribution >= 4 is 39.0 Å². The molecule has 4 heterocycles. The number of allylic oxidation sites excluding steroid dienone is 8. The first-order valence-electron chi connectivity index (χ1n) is 18.9. The number of fused-ring (bicyclic) bond motifs is 7. The molecule has 0 amide bonds. The Kier molecular flexibility index (Phi) is 6.90. The van der Waals surface area contributed by atoms with Crippen molar-refractivity contribution < 1.29 is 4.42 Å². The predicted octanol–water partition coefficient (Wildman–Crippen LogP) is 11.8. The average molecular weight is 696 g/mol. The minimum Gasteiger partial charge on any atom is -0.437 e. The van der Waals surface area contributed by atoms with Gasteiger partial charge in [-0.2, -0.15) is 0 Å². The zero-order valence-electron chi connectivity index (χ0n) is 29.9. The van der Waals surface area contributed by atoms with E-state index in [1.165, 1.54) is 50.1 Å². The first kappa shape index (κ1) is 31.0. The fraction of sp³-hybridized carbons (Fsp3) is 0.120. The second-order valence-electron chi connectivity index (χ2n) is 15.0. The highest BCUT2D eigenvalue weighted by atomic mass is 16.3. The van der Waals surface area contributed by atoms with Crippen molar-refractivity contribution in [2.75, 3.05) is 0 Å². The molecule has 0 spiro atoms. The van der Waals surface area contributed by atoms with Gasteiger partial charge >= 0.3 is 0 Å². The van der Waals surface area contributed by atoms with Crippen LogP contribution in [0.4, 0.5) is 0 Å². The van der Waals surface area contributed by atoms with Crippen LogP contribution in [0.3, 0.4) is 0 Å². The van der Waals surface area contributed by atoms with Crippen LogP contribution in [-0.4, -0.2) is 14.4 Å². The smallest absolute Gasteiger partial charge is 0.232 e. The molecule has 4 heteroatoms. The van der Waals surface area contributed by atoms with Gasteiger partial charge in [-0.25, -0.2) is 4.98 Å². The van der Waals surface area contributed by atoms with Gasteiger partial charge in [0, 0.05) is 35.8 Å². The number of rotatable bonds is 5. The molecule has 3 aliphatic rings. The van der Waals surface area contributed by atoms with E-state index in [1.54, 1.807) is 0 Å². The van der Waals surface area contributed by atoms with E-state index in [4.69, 9.17) is 9.40 Å². The highest BCUT2D eigenvalue weighted by Gasteiger charge is 2.48. The van der Waals surface area contributed by atoms with Crippen LogP contribution in [0, 0.1) is 5.92 Å². The number of imidazole rings is 1. The summed E-state index contributed by atoms with van der Waals surface area (Å²) in [5, 5.41) is 1.04. The average Bonchev–Trinajstić information content (AvgIpc) is 3.88. The van der Waals surface area contributed by atoms with E-state index in [0.717, 1.165) is 39.8 Å². The molecular weight excluding hydrogens is 659 g/mol. The molecule has 0 bridgehead atoms. The molecule has 0 saturated heterocycles. The molecule has 4 aromatic heterocycles. The van der Waals surface area contributed by atoms with E-state index in [0.29, 0.717) is 5.92 Å². The standard InChI is InChI=1S/C50H37N3O/c1-32-18-19-33(37-22-25-47-52-48-42-16-8-9-17-46(42)54-49(48)53(47)31-37)27-43(32)35-21-24-41-40-23-20-34(36-11-10-26-51-30-36)28-44(40)50(45(41)29-35,38-12-4-2-5-13-38)39-14-6-3-7-15-39/h2-27,29-32,34,43H,28H2,1H3. The van der Waals surface area contributed by atoms with E-state index >= 15 is 0 Å². The lowest BCUT2D eigenvalue weighted by molar-refractivity contribution is 0.631. The van der Waals surface area contributed by atoms with Gasteiger partial charge in [-0.3, -0.25) is 9.38 Å². The highest BCUT2D eigenvalue weighted by Crippen LogP contribution is 2.59. The zero-order chi connectivity index (χ0) is 35.8. The number of hydrogen-bond acceptors (Lipinski definition) is 3. The van der Waals surface area contributed by atoms with Gasteiger partial charge in [0.15, 0.2) is 0 Å². The van der Waals surface area contributed by atoms with Gasteiger partial charge in [0.25, 0.3) is 0 Å². The van der Waals surface area contributed by atoms with Gasteiger partial charge < -0.3 is 4.42 Å². The van der Waals surface area contributed by atoms with Crippen LogP contribution in [0.2, 0.25) is 0 Å². The molecule has 8 aromatic rings. The van der Waals surface area contributed by atoms with Crippen molar-refractivity contribution in [3.05, 3.63) is 221 Å². The number of hydrogen-bond donors (Lipinski definition) is 0. The molecule has 0 fully saturated rings. The van der Waals surface area contributed by atoms with Crippen LogP contribution in [0.15, 0.2) is 186 Å². The number of benzene rings is 4. The fourth-order valence-electron chi connectivity index (χ4n) is 9.51. The minimum absolute atomic E-state index is 0.195. The topological polar surface area (TPSA) is 43.3 Å². The third kappa shape index (κ3) is 4.56. The van der Waals surface area contributed by atoms with Crippen molar-refractivity contribution in [2.24, 2.45) is 5.92 Å². The van der Waals surface area contributed by atoms with Crippen LogP contribution in [0.25, 0.3) is 39.0 Å². The molecule has 4 aromatic carbocycles. The Bertz CT molecular complexity index is 2830. The second-order valence-corrected chi connectivity index (χ2v) is 15.0.